The van der Waals surface area contributed by atoms with Crippen molar-refractivity contribution in [3.8, 4) is 17.1 Å². The molecule has 0 saturated heterocycles. The second kappa shape index (κ2) is 5.92. The fourth-order valence-corrected chi connectivity index (χ4v) is 1.81. The first-order chi connectivity index (χ1) is 10.3. The number of hydrogen-bond donors (Lipinski definition) is 2. The predicted molar refractivity (Wildman–Crippen MR) is 81.3 cm³/mol. The molecule has 0 saturated carbocycles. The molecular formula is C16H13N3O2. The number of hydrazone groups is 1. The zero-order chi connectivity index (χ0) is 14.5. The molecule has 0 aliphatic rings. The van der Waals surface area contributed by atoms with Gasteiger partial charge in [0.2, 0.25) is 0 Å². The van der Waals surface area contributed by atoms with Gasteiger partial charge in [0.05, 0.1) is 18.1 Å². The minimum Gasteiger partial charge on any atom is -0.508 e. The van der Waals surface area contributed by atoms with E-state index in [0.29, 0.717) is 0 Å². The fraction of sp³-hybridized carbons (Fsp3) is 0. The molecule has 21 heavy (non-hydrogen) atoms. The van der Waals surface area contributed by atoms with E-state index in [1.807, 2.05) is 24.3 Å². The Labute approximate surface area is 121 Å². The van der Waals surface area contributed by atoms with Gasteiger partial charge in [0.25, 0.3) is 0 Å². The van der Waals surface area contributed by atoms with Crippen LogP contribution in [0.4, 0.5) is 5.69 Å². The Hall–Kier alpha value is -3.08. The number of oxazole rings is 1. The van der Waals surface area contributed by atoms with Crippen LogP contribution in [0.3, 0.4) is 0 Å². The van der Waals surface area contributed by atoms with Crippen molar-refractivity contribution in [2.45, 2.75) is 0 Å². The Balaban J connectivity index is 1.64. The molecule has 0 unspecified atom stereocenters. The summed E-state index contributed by atoms with van der Waals surface area (Å²) in [5.74, 6) is 0.970. The third kappa shape index (κ3) is 3.27. The van der Waals surface area contributed by atoms with Gasteiger partial charge in [0, 0.05) is 5.56 Å². The van der Waals surface area contributed by atoms with Gasteiger partial charge in [-0.15, -0.1) is 0 Å². The third-order valence-electron chi connectivity index (χ3n) is 2.90. The van der Waals surface area contributed by atoms with E-state index < -0.39 is 0 Å². The molecule has 0 bridgehead atoms. The highest BCUT2D eigenvalue weighted by atomic mass is 16.3. The van der Waals surface area contributed by atoms with Crippen LogP contribution in [0, 0.1) is 0 Å². The molecule has 3 aromatic rings. The van der Waals surface area contributed by atoms with Crippen molar-refractivity contribution < 1.29 is 9.52 Å². The van der Waals surface area contributed by atoms with Crippen molar-refractivity contribution in [1.29, 1.82) is 0 Å². The van der Waals surface area contributed by atoms with Gasteiger partial charge in [-0.05, 0) is 54.1 Å². The van der Waals surface area contributed by atoms with Gasteiger partial charge in [-0.1, -0.05) is 0 Å². The summed E-state index contributed by atoms with van der Waals surface area (Å²) in [7, 11) is 0. The normalized spacial score (nSPS) is 10.9. The van der Waals surface area contributed by atoms with Crippen molar-refractivity contribution in [1.82, 2.24) is 4.98 Å². The number of phenols is 1. The molecule has 3 rings (SSSR count). The number of phenolic OH excluding ortho intramolecular Hbond substituents is 1. The van der Waals surface area contributed by atoms with Crippen LogP contribution in [-0.4, -0.2) is 16.3 Å². The van der Waals surface area contributed by atoms with E-state index in [4.69, 9.17) is 4.42 Å². The van der Waals surface area contributed by atoms with Gasteiger partial charge in [-0.3, -0.25) is 5.43 Å². The van der Waals surface area contributed by atoms with Crippen LogP contribution in [-0.2, 0) is 0 Å². The summed E-state index contributed by atoms with van der Waals surface area (Å²) in [6.07, 6.45) is 4.76. The fourth-order valence-electron chi connectivity index (χ4n) is 1.81. The lowest BCUT2D eigenvalue weighted by Crippen LogP contribution is -1.90. The molecule has 0 aliphatic carbocycles. The third-order valence-corrected chi connectivity index (χ3v) is 2.90. The lowest BCUT2D eigenvalue weighted by atomic mass is 10.2. The first-order valence-electron chi connectivity index (χ1n) is 6.38. The summed E-state index contributed by atoms with van der Waals surface area (Å²) in [6, 6.07) is 14.5. The average molecular weight is 279 g/mol. The van der Waals surface area contributed by atoms with E-state index in [-0.39, 0.29) is 5.75 Å². The van der Waals surface area contributed by atoms with Crippen LogP contribution >= 0.6 is 0 Å². The standard InChI is InChI=1S/C16H13N3O2/c20-15-7-1-12(2-8-15)9-18-19-14-5-3-13(4-6-14)16-10-17-11-21-16/h1-11,19-20H/b18-9+. The Kier molecular flexibility index (Phi) is 3.64. The van der Waals surface area contributed by atoms with Crippen LogP contribution in [0.25, 0.3) is 11.3 Å². The molecule has 104 valence electrons. The molecule has 5 nitrogen and oxygen atoms in total. The maximum atomic E-state index is 9.19. The lowest BCUT2D eigenvalue weighted by Gasteiger charge is -2.01. The lowest BCUT2D eigenvalue weighted by molar-refractivity contribution is 0.475. The van der Waals surface area contributed by atoms with Gasteiger partial charge in [0.1, 0.15) is 5.75 Å². The van der Waals surface area contributed by atoms with Crippen molar-refractivity contribution in [3.05, 3.63) is 66.7 Å². The van der Waals surface area contributed by atoms with Crippen LogP contribution in [0.2, 0.25) is 0 Å². The molecule has 0 spiro atoms. The molecule has 5 heteroatoms. The number of aromatic hydroxyl groups is 1. The number of hydrogen-bond acceptors (Lipinski definition) is 5. The number of rotatable bonds is 4. The minimum atomic E-state index is 0.239. The summed E-state index contributed by atoms with van der Waals surface area (Å²) in [6.45, 7) is 0. The van der Waals surface area contributed by atoms with E-state index in [1.165, 1.54) is 6.39 Å². The summed E-state index contributed by atoms with van der Waals surface area (Å²) in [5.41, 5.74) is 5.67. The van der Waals surface area contributed by atoms with Crippen LogP contribution in [0.5, 0.6) is 5.75 Å². The minimum absolute atomic E-state index is 0.239. The highest BCUT2D eigenvalue weighted by Crippen LogP contribution is 2.20. The summed E-state index contributed by atoms with van der Waals surface area (Å²) in [4.78, 5) is 3.89. The van der Waals surface area contributed by atoms with Gasteiger partial charge < -0.3 is 9.52 Å². The van der Waals surface area contributed by atoms with E-state index >= 15 is 0 Å². The Morgan fingerprint density at radius 2 is 1.81 bits per heavy atom. The van der Waals surface area contributed by atoms with Crippen molar-refractivity contribution in [2.75, 3.05) is 5.43 Å². The van der Waals surface area contributed by atoms with Gasteiger partial charge in [0.15, 0.2) is 12.2 Å². The zero-order valence-corrected chi connectivity index (χ0v) is 11.1. The number of aromatic nitrogens is 1. The van der Waals surface area contributed by atoms with Crippen LogP contribution in [0.1, 0.15) is 5.56 Å². The Morgan fingerprint density at radius 3 is 2.48 bits per heavy atom. The number of benzene rings is 2. The largest absolute Gasteiger partial charge is 0.508 e. The first kappa shape index (κ1) is 12.9. The van der Waals surface area contributed by atoms with Crippen molar-refractivity contribution >= 4 is 11.9 Å². The highest BCUT2D eigenvalue weighted by Gasteiger charge is 2.00. The van der Waals surface area contributed by atoms with E-state index in [9.17, 15) is 5.11 Å². The van der Waals surface area contributed by atoms with Gasteiger partial charge >= 0.3 is 0 Å². The van der Waals surface area contributed by atoms with E-state index in [2.05, 4.69) is 15.5 Å². The Morgan fingerprint density at radius 1 is 1.05 bits per heavy atom. The summed E-state index contributed by atoms with van der Waals surface area (Å²) < 4.78 is 5.23. The van der Waals surface area contributed by atoms with Gasteiger partial charge in [-0.25, -0.2) is 4.98 Å². The molecular weight excluding hydrogens is 266 g/mol. The molecule has 2 N–H and O–H groups in total. The SMILES string of the molecule is Oc1ccc(/C=N/Nc2ccc(-c3cnco3)cc2)cc1. The molecule has 0 radical (unpaired) electrons. The number of nitrogens with one attached hydrogen (secondary N) is 1. The van der Waals surface area contributed by atoms with Crippen LogP contribution in [0.15, 0.2) is 70.6 Å². The highest BCUT2D eigenvalue weighted by molar-refractivity contribution is 5.80. The van der Waals surface area contributed by atoms with Gasteiger partial charge in [-0.2, -0.15) is 5.10 Å². The van der Waals surface area contributed by atoms with Crippen molar-refractivity contribution in [3.63, 3.8) is 0 Å². The topological polar surface area (TPSA) is 70.7 Å². The number of nitrogens with zero attached hydrogens (tertiary/aromatic N) is 2. The second-order valence-electron chi connectivity index (χ2n) is 4.40. The predicted octanol–water partition coefficient (Wildman–Crippen LogP) is 3.49. The quantitative estimate of drug-likeness (QED) is 0.566. The van der Waals surface area contributed by atoms with E-state index in [0.717, 1.165) is 22.6 Å². The average Bonchev–Trinajstić information content (AvgIpc) is 3.04. The molecule has 0 atom stereocenters. The summed E-state index contributed by atoms with van der Waals surface area (Å²) >= 11 is 0. The first-order valence-corrected chi connectivity index (χ1v) is 6.38. The molecule has 0 amide bonds. The molecule has 0 aliphatic heterocycles. The smallest absolute Gasteiger partial charge is 0.181 e. The molecule has 1 heterocycles. The van der Waals surface area contributed by atoms with E-state index in [1.54, 1.807) is 36.7 Å². The molecule has 1 aromatic heterocycles. The maximum Gasteiger partial charge on any atom is 0.181 e. The number of anilines is 1. The molecule has 0 fully saturated rings. The van der Waals surface area contributed by atoms with Crippen LogP contribution < -0.4 is 5.43 Å². The monoisotopic (exact) mass is 279 g/mol. The Bertz CT molecular complexity index is 717. The summed E-state index contributed by atoms with van der Waals surface area (Å²) in [5, 5.41) is 13.3. The van der Waals surface area contributed by atoms with Crippen molar-refractivity contribution in [2.24, 2.45) is 5.10 Å². The maximum absolute atomic E-state index is 9.19. The second-order valence-corrected chi connectivity index (χ2v) is 4.40. The molecule has 2 aromatic carbocycles. The zero-order valence-electron chi connectivity index (χ0n) is 11.1.